The average molecular weight is 261 g/mol. The van der Waals surface area contributed by atoms with E-state index < -0.39 is 0 Å². The molecule has 0 fully saturated rings. The number of nitrogens with one attached hydrogen (secondary N) is 1. The third-order valence-electron chi connectivity index (χ3n) is 3.54. The van der Waals surface area contributed by atoms with Crippen molar-refractivity contribution in [1.29, 1.82) is 0 Å². The molecule has 4 heteroatoms. The van der Waals surface area contributed by atoms with Crippen molar-refractivity contribution in [2.24, 2.45) is 5.73 Å². The molecular formula is C15H23N3O. The topological polar surface area (TPSA) is 58.4 Å². The highest BCUT2D eigenvalue weighted by molar-refractivity contribution is 5.96. The molecular weight excluding hydrogens is 238 g/mol. The summed E-state index contributed by atoms with van der Waals surface area (Å²) in [6, 6.07) is 6.36. The van der Waals surface area contributed by atoms with Crippen LogP contribution in [0.2, 0.25) is 0 Å². The van der Waals surface area contributed by atoms with Gasteiger partial charge in [-0.05, 0) is 43.1 Å². The molecule has 19 heavy (non-hydrogen) atoms. The third kappa shape index (κ3) is 3.33. The zero-order chi connectivity index (χ0) is 13.7. The third-order valence-corrected chi connectivity index (χ3v) is 3.54. The van der Waals surface area contributed by atoms with Crippen molar-refractivity contribution in [2.75, 3.05) is 31.1 Å². The number of amides is 1. The Labute approximate surface area is 115 Å². The number of nitrogens with two attached hydrogens (primary N) is 1. The summed E-state index contributed by atoms with van der Waals surface area (Å²) in [6.45, 7) is 5.26. The van der Waals surface area contributed by atoms with Crippen LogP contribution in [-0.2, 0) is 17.6 Å². The van der Waals surface area contributed by atoms with E-state index in [-0.39, 0.29) is 5.91 Å². The molecule has 3 N–H and O–H groups in total. The fraction of sp³-hybridized carbons (Fsp3) is 0.533. The summed E-state index contributed by atoms with van der Waals surface area (Å²) in [7, 11) is 0. The molecule has 1 aliphatic heterocycles. The SMILES string of the molecule is CCNCCN1C(=O)CCc2cc(CCN)ccc21. The highest BCUT2D eigenvalue weighted by atomic mass is 16.2. The van der Waals surface area contributed by atoms with Gasteiger partial charge in [-0.25, -0.2) is 0 Å². The van der Waals surface area contributed by atoms with Crippen LogP contribution >= 0.6 is 0 Å². The minimum atomic E-state index is 0.233. The number of fused-ring (bicyclic) bond motifs is 1. The molecule has 2 rings (SSSR count). The summed E-state index contributed by atoms with van der Waals surface area (Å²) in [5.74, 6) is 0.233. The molecule has 104 valence electrons. The zero-order valence-corrected chi connectivity index (χ0v) is 11.6. The maximum absolute atomic E-state index is 12.0. The Kier molecular flexibility index (Phi) is 4.93. The molecule has 0 bridgehead atoms. The number of aryl methyl sites for hydroxylation is 1. The Balaban J connectivity index is 2.16. The van der Waals surface area contributed by atoms with E-state index in [1.54, 1.807) is 0 Å². The van der Waals surface area contributed by atoms with Crippen molar-refractivity contribution in [3.05, 3.63) is 29.3 Å². The molecule has 4 nitrogen and oxygen atoms in total. The minimum Gasteiger partial charge on any atom is -0.330 e. The van der Waals surface area contributed by atoms with Gasteiger partial charge in [-0.15, -0.1) is 0 Å². The second-order valence-electron chi connectivity index (χ2n) is 4.90. The normalized spacial score (nSPS) is 14.6. The molecule has 1 heterocycles. The maximum atomic E-state index is 12.0. The van der Waals surface area contributed by atoms with Gasteiger partial charge in [0.15, 0.2) is 0 Å². The number of rotatable bonds is 6. The molecule has 0 aliphatic carbocycles. The fourth-order valence-corrected chi connectivity index (χ4v) is 2.55. The lowest BCUT2D eigenvalue weighted by Crippen LogP contribution is -2.39. The minimum absolute atomic E-state index is 0.233. The molecule has 0 aromatic heterocycles. The number of benzene rings is 1. The predicted molar refractivity (Wildman–Crippen MR) is 78.4 cm³/mol. The second kappa shape index (κ2) is 6.68. The van der Waals surface area contributed by atoms with Gasteiger partial charge in [-0.1, -0.05) is 19.1 Å². The van der Waals surface area contributed by atoms with Gasteiger partial charge in [-0.2, -0.15) is 0 Å². The summed E-state index contributed by atoms with van der Waals surface area (Å²) >= 11 is 0. The van der Waals surface area contributed by atoms with Crippen LogP contribution in [0, 0.1) is 0 Å². The highest BCUT2D eigenvalue weighted by Crippen LogP contribution is 2.28. The lowest BCUT2D eigenvalue weighted by Gasteiger charge is -2.30. The van der Waals surface area contributed by atoms with Gasteiger partial charge in [-0.3, -0.25) is 4.79 Å². The molecule has 0 saturated carbocycles. The highest BCUT2D eigenvalue weighted by Gasteiger charge is 2.23. The van der Waals surface area contributed by atoms with E-state index in [9.17, 15) is 4.79 Å². The van der Waals surface area contributed by atoms with E-state index in [1.165, 1.54) is 11.1 Å². The number of nitrogens with zero attached hydrogens (tertiary/aromatic N) is 1. The van der Waals surface area contributed by atoms with Gasteiger partial charge < -0.3 is 16.0 Å². The first-order valence-corrected chi connectivity index (χ1v) is 7.09. The number of likely N-dealkylation sites (N-methyl/N-ethyl adjacent to an activating group) is 1. The van der Waals surface area contributed by atoms with Gasteiger partial charge in [0.2, 0.25) is 5.91 Å². The number of carbonyl (C=O) groups is 1. The smallest absolute Gasteiger partial charge is 0.227 e. The van der Waals surface area contributed by atoms with Gasteiger partial charge in [0.05, 0.1) is 0 Å². The summed E-state index contributed by atoms with van der Waals surface area (Å²) in [5.41, 5.74) is 9.22. The molecule has 1 aromatic rings. The Morgan fingerprint density at radius 2 is 2.21 bits per heavy atom. The predicted octanol–water partition coefficient (Wildman–Crippen LogP) is 1.08. The molecule has 0 unspecified atom stereocenters. The lowest BCUT2D eigenvalue weighted by atomic mass is 9.97. The van der Waals surface area contributed by atoms with Crippen LogP contribution in [0.15, 0.2) is 18.2 Å². The summed E-state index contributed by atoms with van der Waals surface area (Å²) < 4.78 is 0. The van der Waals surface area contributed by atoms with Crippen LogP contribution in [0.4, 0.5) is 5.69 Å². The van der Waals surface area contributed by atoms with E-state index in [0.29, 0.717) is 13.0 Å². The first-order valence-electron chi connectivity index (χ1n) is 7.09. The summed E-state index contributed by atoms with van der Waals surface area (Å²) in [5, 5.41) is 3.27. The van der Waals surface area contributed by atoms with Crippen LogP contribution < -0.4 is 16.0 Å². The van der Waals surface area contributed by atoms with E-state index in [2.05, 4.69) is 30.4 Å². The maximum Gasteiger partial charge on any atom is 0.227 e. The number of hydrogen-bond donors (Lipinski definition) is 2. The fourth-order valence-electron chi connectivity index (χ4n) is 2.55. The van der Waals surface area contributed by atoms with E-state index in [1.807, 2.05) is 4.90 Å². The molecule has 0 radical (unpaired) electrons. The Morgan fingerprint density at radius 3 is 2.95 bits per heavy atom. The van der Waals surface area contributed by atoms with Gasteiger partial charge in [0, 0.05) is 25.2 Å². The Bertz CT molecular complexity index is 445. The summed E-state index contributed by atoms with van der Waals surface area (Å²) in [4.78, 5) is 14.0. The molecule has 1 aliphatic rings. The second-order valence-corrected chi connectivity index (χ2v) is 4.90. The molecule has 1 amide bonds. The Hall–Kier alpha value is -1.39. The first-order chi connectivity index (χ1) is 9.26. The zero-order valence-electron chi connectivity index (χ0n) is 11.6. The van der Waals surface area contributed by atoms with E-state index in [0.717, 1.165) is 38.2 Å². The van der Waals surface area contributed by atoms with Gasteiger partial charge in [0.25, 0.3) is 0 Å². The first kappa shape index (κ1) is 14.0. The van der Waals surface area contributed by atoms with Gasteiger partial charge in [0.1, 0.15) is 0 Å². The average Bonchev–Trinajstić information content (AvgIpc) is 2.42. The molecule has 0 spiro atoms. The van der Waals surface area contributed by atoms with Crippen molar-refractivity contribution in [3.8, 4) is 0 Å². The molecule has 0 saturated heterocycles. The van der Waals surface area contributed by atoms with Crippen molar-refractivity contribution in [1.82, 2.24) is 5.32 Å². The molecule has 0 atom stereocenters. The molecule has 1 aromatic carbocycles. The van der Waals surface area contributed by atoms with Crippen molar-refractivity contribution < 1.29 is 4.79 Å². The van der Waals surface area contributed by atoms with Crippen LogP contribution in [-0.4, -0.2) is 32.1 Å². The number of hydrogen-bond acceptors (Lipinski definition) is 3. The van der Waals surface area contributed by atoms with Crippen molar-refractivity contribution in [3.63, 3.8) is 0 Å². The van der Waals surface area contributed by atoms with Crippen LogP contribution in [0.5, 0.6) is 0 Å². The largest absolute Gasteiger partial charge is 0.330 e. The van der Waals surface area contributed by atoms with E-state index in [4.69, 9.17) is 5.73 Å². The van der Waals surface area contributed by atoms with Crippen molar-refractivity contribution in [2.45, 2.75) is 26.2 Å². The lowest BCUT2D eigenvalue weighted by molar-refractivity contribution is -0.118. The number of anilines is 1. The monoisotopic (exact) mass is 261 g/mol. The standard InChI is InChI=1S/C15H23N3O/c1-2-17-9-10-18-14-5-3-12(7-8-16)11-13(14)4-6-15(18)19/h3,5,11,17H,2,4,6-10,16H2,1H3. The van der Waals surface area contributed by atoms with Crippen LogP contribution in [0.3, 0.4) is 0 Å². The van der Waals surface area contributed by atoms with Crippen LogP contribution in [0.1, 0.15) is 24.5 Å². The number of carbonyl (C=O) groups excluding carboxylic acids is 1. The van der Waals surface area contributed by atoms with Crippen molar-refractivity contribution >= 4 is 11.6 Å². The quantitative estimate of drug-likeness (QED) is 0.753. The summed E-state index contributed by atoms with van der Waals surface area (Å²) in [6.07, 6.45) is 2.37. The van der Waals surface area contributed by atoms with E-state index >= 15 is 0 Å². The Morgan fingerprint density at radius 1 is 1.37 bits per heavy atom. The van der Waals surface area contributed by atoms with Gasteiger partial charge >= 0.3 is 0 Å². The van der Waals surface area contributed by atoms with Crippen LogP contribution in [0.25, 0.3) is 0 Å².